The van der Waals surface area contributed by atoms with Gasteiger partial charge in [0.25, 0.3) is 0 Å². The Morgan fingerprint density at radius 3 is 2.38 bits per heavy atom. The van der Waals surface area contributed by atoms with Crippen molar-refractivity contribution < 1.29 is 13.2 Å². The first-order valence-corrected chi connectivity index (χ1v) is 9.01. The van der Waals surface area contributed by atoms with E-state index in [1.807, 2.05) is 24.3 Å². The molecule has 0 N–H and O–H groups in total. The molecule has 1 heterocycles. The summed E-state index contributed by atoms with van der Waals surface area (Å²) in [6, 6.07) is 13.3. The molecule has 2 aromatic carbocycles. The Labute approximate surface area is 153 Å². The molecular weight excluding hydrogens is 361 g/mol. The van der Waals surface area contributed by atoms with Crippen molar-refractivity contribution in [3.8, 4) is 5.69 Å². The minimum absolute atomic E-state index is 0.125. The van der Waals surface area contributed by atoms with Crippen LogP contribution >= 0.6 is 11.8 Å². The summed E-state index contributed by atoms with van der Waals surface area (Å²) in [5.41, 5.74) is 1.53. The van der Waals surface area contributed by atoms with Gasteiger partial charge in [0.1, 0.15) is 0 Å². The molecule has 0 unspecified atom stereocenters. The van der Waals surface area contributed by atoms with Crippen molar-refractivity contribution in [3.05, 3.63) is 65.2 Å². The van der Waals surface area contributed by atoms with E-state index in [2.05, 4.69) is 29.4 Å². The molecule has 0 radical (unpaired) electrons. The molecular formula is C18H17F3N4S. The zero-order valence-corrected chi connectivity index (χ0v) is 15.1. The summed E-state index contributed by atoms with van der Waals surface area (Å²) in [4.78, 5) is 0. The Kier molecular flexibility index (Phi) is 5.31. The average Bonchev–Trinajstić information content (AvgIpc) is 3.08. The van der Waals surface area contributed by atoms with Crippen LogP contribution in [0.1, 0.15) is 36.5 Å². The normalized spacial score (nSPS) is 11.9. The second-order valence-electron chi connectivity index (χ2n) is 6.06. The second kappa shape index (κ2) is 7.49. The minimum Gasteiger partial charge on any atom is -0.188 e. The maximum Gasteiger partial charge on any atom is 0.416 e. The van der Waals surface area contributed by atoms with Gasteiger partial charge in [-0.3, -0.25) is 0 Å². The molecule has 26 heavy (non-hydrogen) atoms. The fourth-order valence-corrected chi connectivity index (χ4v) is 3.39. The number of hydrogen-bond donors (Lipinski definition) is 0. The van der Waals surface area contributed by atoms with Crippen molar-refractivity contribution in [1.29, 1.82) is 0 Å². The molecule has 0 amide bonds. The van der Waals surface area contributed by atoms with Crippen LogP contribution in [0, 0.1) is 0 Å². The highest BCUT2D eigenvalue weighted by atomic mass is 32.2. The van der Waals surface area contributed by atoms with E-state index in [0.717, 1.165) is 11.8 Å². The molecule has 0 aliphatic rings. The fraction of sp³-hybridized carbons (Fsp3) is 0.278. The van der Waals surface area contributed by atoms with E-state index >= 15 is 0 Å². The largest absolute Gasteiger partial charge is 0.416 e. The highest BCUT2D eigenvalue weighted by molar-refractivity contribution is 7.98. The van der Waals surface area contributed by atoms with Gasteiger partial charge in [-0.05, 0) is 45.7 Å². The summed E-state index contributed by atoms with van der Waals surface area (Å²) in [5, 5.41) is 12.0. The zero-order valence-electron chi connectivity index (χ0n) is 14.2. The summed E-state index contributed by atoms with van der Waals surface area (Å²) in [6.07, 6.45) is -4.38. The van der Waals surface area contributed by atoms with Gasteiger partial charge in [-0.1, -0.05) is 55.9 Å². The van der Waals surface area contributed by atoms with E-state index in [4.69, 9.17) is 0 Å². The third-order valence-corrected chi connectivity index (χ3v) is 4.89. The van der Waals surface area contributed by atoms with E-state index in [-0.39, 0.29) is 11.3 Å². The summed E-state index contributed by atoms with van der Waals surface area (Å²) >= 11 is 1.17. The molecule has 0 fully saturated rings. The molecule has 136 valence electrons. The quantitative estimate of drug-likeness (QED) is 0.580. The number of rotatable bonds is 5. The highest BCUT2D eigenvalue weighted by Crippen LogP contribution is 2.34. The van der Waals surface area contributed by atoms with Gasteiger partial charge in [0.2, 0.25) is 5.16 Å². The molecule has 8 heteroatoms. The lowest BCUT2D eigenvalue weighted by atomic mass is 10.0. The van der Waals surface area contributed by atoms with Crippen LogP contribution in [0.15, 0.2) is 53.7 Å². The lowest BCUT2D eigenvalue weighted by molar-refractivity contribution is -0.138. The van der Waals surface area contributed by atoms with E-state index in [9.17, 15) is 13.2 Å². The molecule has 4 nitrogen and oxygen atoms in total. The number of alkyl halides is 3. The van der Waals surface area contributed by atoms with Crippen LogP contribution in [0.3, 0.4) is 0 Å². The Hall–Kier alpha value is -2.35. The van der Waals surface area contributed by atoms with Gasteiger partial charge in [-0.15, -0.1) is 5.10 Å². The van der Waals surface area contributed by atoms with Crippen molar-refractivity contribution in [2.75, 3.05) is 0 Å². The number of thioether (sulfide) groups is 1. The van der Waals surface area contributed by atoms with Gasteiger partial charge < -0.3 is 0 Å². The summed E-state index contributed by atoms with van der Waals surface area (Å²) in [7, 11) is 0. The number of halogens is 3. The summed E-state index contributed by atoms with van der Waals surface area (Å²) < 4.78 is 40.9. The van der Waals surface area contributed by atoms with Gasteiger partial charge in [0.15, 0.2) is 0 Å². The van der Waals surface area contributed by atoms with Crippen molar-refractivity contribution in [1.82, 2.24) is 20.2 Å². The smallest absolute Gasteiger partial charge is 0.188 e. The lowest BCUT2D eigenvalue weighted by Crippen LogP contribution is -2.08. The number of hydrogen-bond acceptors (Lipinski definition) is 4. The van der Waals surface area contributed by atoms with Crippen LogP contribution in [0.5, 0.6) is 0 Å². The van der Waals surface area contributed by atoms with Crippen molar-refractivity contribution in [2.45, 2.75) is 36.9 Å². The van der Waals surface area contributed by atoms with Crippen molar-refractivity contribution >= 4 is 11.8 Å². The first-order valence-electron chi connectivity index (χ1n) is 8.03. The monoisotopic (exact) mass is 378 g/mol. The Morgan fingerprint density at radius 1 is 1.04 bits per heavy atom. The first kappa shape index (κ1) is 18.4. The Balaban J connectivity index is 1.80. The van der Waals surface area contributed by atoms with E-state index in [0.29, 0.717) is 11.1 Å². The van der Waals surface area contributed by atoms with Gasteiger partial charge >= 0.3 is 6.18 Å². The fourth-order valence-electron chi connectivity index (χ4n) is 2.50. The van der Waals surface area contributed by atoms with E-state index in [1.165, 1.54) is 34.1 Å². The standard InChI is InChI=1S/C18H17F3N4S/c1-12(2)13-7-9-15(10-8-13)25-17(22-23-24-25)26-11-14-5-3-4-6-16(14)18(19,20)21/h3-10,12H,11H2,1-2H3. The first-order chi connectivity index (χ1) is 12.4. The number of tetrazole rings is 1. The summed E-state index contributed by atoms with van der Waals surface area (Å²) in [6.45, 7) is 4.21. The molecule has 0 atom stereocenters. The maximum absolute atomic E-state index is 13.1. The number of benzene rings is 2. The second-order valence-corrected chi connectivity index (χ2v) is 7.01. The van der Waals surface area contributed by atoms with Crippen LogP contribution in [0.2, 0.25) is 0 Å². The Morgan fingerprint density at radius 2 is 1.73 bits per heavy atom. The van der Waals surface area contributed by atoms with E-state index < -0.39 is 11.7 Å². The van der Waals surface area contributed by atoms with Gasteiger partial charge in [0, 0.05) is 5.75 Å². The van der Waals surface area contributed by atoms with Crippen LogP contribution < -0.4 is 0 Å². The maximum atomic E-state index is 13.1. The highest BCUT2D eigenvalue weighted by Gasteiger charge is 2.32. The molecule has 0 saturated carbocycles. The zero-order chi connectivity index (χ0) is 18.7. The summed E-state index contributed by atoms with van der Waals surface area (Å²) in [5.74, 6) is 0.533. The third-order valence-electron chi connectivity index (χ3n) is 3.92. The molecule has 3 aromatic rings. The van der Waals surface area contributed by atoms with Crippen LogP contribution in [0.25, 0.3) is 5.69 Å². The molecule has 1 aromatic heterocycles. The number of aromatic nitrogens is 4. The average molecular weight is 378 g/mol. The third kappa shape index (κ3) is 4.07. The SMILES string of the molecule is CC(C)c1ccc(-n2nnnc2SCc2ccccc2C(F)(F)F)cc1. The molecule has 0 spiro atoms. The van der Waals surface area contributed by atoms with Gasteiger partial charge in [0.05, 0.1) is 11.3 Å². The van der Waals surface area contributed by atoms with Gasteiger partial charge in [-0.2, -0.15) is 17.9 Å². The Bertz CT molecular complexity index is 873. The minimum atomic E-state index is -4.38. The van der Waals surface area contributed by atoms with Crippen molar-refractivity contribution in [3.63, 3.8) is 0 Å². The number of nitrogens with zero attached hydrogens (tertiary/aromatic N) is 4. The van der Waals surface area contributed by atoms with Crippen molar-refractivity contribution in [2.24, 2.45) is 0 Å². The molecule has 0 bridgehead atoms. The molecule has 3 rings (SSSR count). The van der Waals surface area contributed by atoms with Crippen LogP contribution in [-0.4, -0.2) is 20.2 Å². The molecule has 0 aliphatic heterocycles. The van der Waals surface area contributed by atoms with Gasteiger partial charge in [-0.25, -0.2) is 0 Å². The van der Waals surface area contributed by atoms with Crippen LogP contribution in [0.4, 0.5) is 13.2 Å². The lowest BCUT2D eigenvalue weighted by Gasteiger charge is -2.12. The van der Waals surface area contributed by atoms with E-state index in [1.54, 1.807) is 6.07 Å². The predicted octanol–water partition coefficient (Wildman–Crippen LogP) is 5.10. The van der Waals surface area contributed by atoms with Crippen LogP contribution in [-0.2, 0) is 11.9 Å². The topological polar surface area (TPSA) is 43.6 Å². The molecule has 0 aliphatic carbocycles. The molecule has 0 saturated heterocycles. The predicted molar refractivity (Wildman–Crippen MR) is 94.2 cm³/mol.